The molecule has 6 heteroatoms. The molecule has 0 spiro atoms. The average molecular weight is 390 g/mol. The summed E-state index contributed by atoms with van der Waals surface area (Å²) < 4.78 is 2.00. The first-order chi connectivity index (χ1) is 13.9. The van der Waals surface area contributed by atoms with Crippen LogP contribution in [0.2, 0.25) is 0 Å². The number of nitrogens with zero attached hydrogens (tertiary/aromatic N) is 3. The molecule has 0 radical (unpaired) electrons. The molecule has 3 rings (SSSR count). The molecule has 0 unspecified atom stereocenters. The SMILES string of the molecule is Cc1cc(C)cc(C(=O)NCC(=O)N(C)Cc2ccc(Cn3ccnc3)cc2)c1. The summed E-state index contributed by atoms with van der Waals surface area (Å²) >= 11 is 0. The first-order valence-electron chi connectivity index (χ1n) is 9.55. The van der Waals surface area contributed by atoms with Crippen molar-refractivity contribution >= 4 is 11.8 Å². The van der Waals surface area contributed by atoms with Gasteiger partial charge in [0, 0.05) is 38.1 Å². The van der Waals surface area contributed by atoms with E-state index in [4.69, 9.17) is 0 Å². The van der Waals surface area contributed by atoms with Crippen molar-refractivity contribution in [3.05, 3.63) is 89.0 Å². The van der Waals surface area contributed by atoms with Crippen LogP contribution in [0.3, 0.4) is 0 Å². The maximum Gasteiger partial charge on any atom is 0.251 e. The van der Waals surface area contributed by atoms with E-state index in [0.29, 0.717) is 12.1 Å². The van der Waals surface area contributed by atoms with Crippen LogP contribution < -0.4 is 5.32 Å². The Bertz CT molecular complexity index is 958. The summed E-state index contributed by atoms with van der Waals surface area (Å²) in [4.78, 5) is 30.4. The summed E-state index contributed by atoms with van der Waals surface area (Å²) in [5, 5.41) is 2.71. The third-order valence-corrected chi connectivity index (χ3v) is 4.68. The van der Waals surface area contributed by atoms with Gasteiger partial charge >= 0.3 is 0 Å². The molecule has 29 heavy (non-hydrogen) atoms. The molecule has 0 aliphatic heterocycles. The number of hydrogen-bond acceptors (Lipinski definition) is 3. The Morgan fingerprint density at radius 2 is 1.69 bits per heavy atom. The minimum Gasteiger partial charge on any atom is -0.343 e. The minimum absolute atomic E-state index is 0.0268. The molecule has 0 saturated heterocycles. The molecule has 2 aromatic carbocycles. The van der Waals surface area contributed by atoms with Crippen molar-refractivity contribution in [1.29, 1.82) is 0 Å². The maximum absolute atomic E-state index is 12.4. The Labute approximate surface area is 171 Å². The zero-order valence-corrected chi connectivity index (χ0v) is 17.1. The fourth-order valence-electron chi connectivity index (χ4n) is 3.20. The zero-order valence-electron chi connectivity index (χ0n) is 17.1. The van der Waals surface area contributed by atoms with Crippen molar-refractivity contribution in [3.63, 3.8) is 0 Å². The van der Waals surface area contributed by atoms with Crippen molar-refractivity contribution in [1.82, 2.24) is 19.8 Å². The molecule has 1 aromatic heterocycles. The smallest absolute Gasteiger partial charge is 0.251 e. The fraction of sp³-hybridized carbons (Fsp3) is 0.261. The van der Waals surface area contributed by atoms with Crippen LogP contribution in [0.4, 0.5) is 0 Å². The maximum atomic E-state index is 12.4. The molecule has 0 aliphatic rings. The molecule has 0 saturated carbocycles. The van der Waals surface area contributed by atoms with Gasteiger partial charge < -0.3 is 14.8 Å². The molecule has 0 fully saturated rings. The van der Waals surface area contributed by atoms with Crippen LogP contribution in [0.1, 0.15) is 32.6 Å². The van der Waals surface area contributed by atoms with Gasteiger partial charge in [0.1, 0.15) is 0 Å². The lowest BCUT2D eigenvalue weighted by Gasteiger charge is -2.18. The zero-order chi connectivity index (χ0) is 20.8. The van der Waals surface area contributed by atoms with E-state index in [1.54, 1.807) is 24.5 Å². The molecule has 1 heterocycles. The second-order valence-corrected chi connectivity index (χ2v) is 7.36. The van der Waals surface area contributed by atoms with Crippen molar-refractivity contribution in [2.75, 3.05) is 13.6 Å². The lowest BCUT2D eigenvalue weighted by molar-refractivity contribution is -0.129. The Balaban J connectivity index is 1.50. The molecule has 0 aliphatic carbocycles. The van der Waals surface area contributed by atoms with Gasteiger partial charge in [0.25, 0.3) is 5.91 Å². The van der Waals surface area contributed by atoms with Gasteiger partial charge in [-0.15, -0.1) is 0 Å². The number of amides is 2. The Morgan fingerprint density at radius 1 is 1.03 bits per heavy atom. The summed E-state index contributed by atoms with van der Waals surface area (Å²) in [7, 11) is 1.74. The average Bonchev–Trinajstić information content (AvgIpc) is 3.19. The predicted octanol–water partition coefficient (Wildman–Crippen LogP) is 2.94. The molecule has 6 nitrogen and oxygen atoms in total. The number of rotatable bonds is 7. The first-order valence-corrected chi connectivity index (χ1v) is 9.55. The molecule has 1 N–H and O–H groups in total. The Hall–Kier alpha value is -3.41. The molecular formula is C23H26N4O2. The number of aromatic nitrogens is 2. The van der Waals surface area contributed by atoms with E-state index >= 15 is 0 Å². The second-order valence-electron chi connectivity index (χ2n) is 7.36. The van der Waals surface area contributed by atoms with Crippen molar-refractivity contribution in [2.45, 2.75) is 26.9 Å². The van der Waals surface area contributed by atoms with Gasteiger partial charge in [-0.25, -0.2) is 4.98 Å². The summed E-state index contributed by atoms with van der Waals surface area (Å²) in [6.45, 7) is 5.12. The van der Waals surface area contributed by atoms with Crippen LogP contribution in [-0.2, 0) is 17.9 Å². The number of carbonyl (C=O) groups is 2. The highest BCUT2D eigenvalue weighted by molar-refractivity contribution is 5.96. The van der Waals surface area contributed by atoms with E-state index in [1.165, 1.54) is 5.56 Å². The number of imidazole rings is 1. The van der Waals surface area contributed by atoms with Crippen molar-refractivity contribution in [3.8, 4) is 0 Å². The third-order valence-electron chi connectivity index (χ3n) is 4.68. The van der Waals surface area contributed by atoms with Crippen molar-refractivity contribution in [2.24, 2.45) is 0 Å². The number of carbonyl (C=O) groups excluding carboxylic acids is 2. The quantitative estimate of drug-likeness (QED) is 0.674. The number of benzene rings is 2. The van der Waals surface area contributed by atoms with Gasteiger partial charge in [0.15, 0.2) is 0 Å². The van der Waals surface area contributed by atoms with E-state index in [9.17, 15) is 9.59 Å². The molecule has 150 valence electrons. The number of hydrogen-bond donors (Lipinski definition) is 1. The van der Waals surface area contributed by atoms with Crippen molar-refractivity contribution < 1.29 is 9.59 Å². The standard InChI is InChI=1S/C23H26N4O2/c1-17-10-18(2)12-21(11-17)23(29)25-13-22(28)26(3)14-19-4-6-20(7-5-19)15-27-9-8-24-16-27/h4-12,16H,13-15H2,1-3H3,(H,25,29). The summed E-state index contributed by atoms with van der Waals surface area (Å²) in [6, 6.07) is 13.8. The highest BCUT2D eigenvalue weighted by Crippen LogP contribution is 2.10. The lowest BCUT2D eigenvalue weighted by Crippen LogP contribution is -2.37. The van der Waals surface area contributed by atoms with Crippen LogP contribution in [-0.4, -0.2) is 39.9 Å². The summed E-state index contributed by atoms with van der Waals surface area (Å²) in [6.07, 6.45) is 5.47. The number of aryl methyl sites for hydroxylation is 2. The van der Waals surface area contributed by atoms with E-state index in [0.717, 1.165) is 23.2 Å². The van der Waals surface area contributed by atoms with Crippen LogP contribution in [0.15, 0.2) is 61.2 Å². The van der Waals surface area contributed by atoms with Crippen LogP contribution in [0.25, 0.3) is 0 Å². The number of nitrogens with one attached hydrogen (secondary N) is 1. The molecule has 0 atom stereocenters. The highest BCUT2D eigenvalue weighted by atomic mass is 16.2. The Kier molecular flexibility index (Phi) is 6.44. The second kappa shape index (κ2) is 9.19. The van der Waals surface area contributed by atoms with E-state index in [2.05, 4.69) is 22.4 Å². The van der Waals surface area contributed by atoms with Crippen LogP contribution in [0.5, 0.6) is 0 Å². The predicted molar refractivity (Wildman–Crippen MR) is 112 cm³/mol. The molecular weight excluding hydrogens is 364 g/mol. The highest BCUT2D eigenvalue weighted by Gasteiger charge is 2.13. The fourth-order valence-corrected chi connectivity index (χ4v) is 3.20. The van der Waals surface area contributed by atoms with Crippen LogP contribution in [0, 0.1) is 13.8 Å². The van der Waals surface area contributed by atoms with Crippen LogP contribution >= 0.6 is 0 Å². The number of likely N-dealkylation sites (N-methyl/N-ethyl adjacent to an activating group) is 1. The van der Waals surface area contributed by atoms with E-state index in [-0.39, 0.29) is 18.4 Å². The Morgan fingerprint density at radius 3 is 2.31 bits per heavy atom. The molecule has 3 aromatic rings. The minimum atomic E-state index is -0.234. The van der Waals surface area contributed by atoms with E-state index < -0.39 is 0 Å². The molecule has 0 bridgehead atoms. The largest absolute Gasteiger partial charge is 0.343 e. The normalized spacial score (nSPS) is 10.6. The van der Waals surface area contributed by atoms with Gasteiger partial charge in [-0.2, -0.15) is 0 Å². The summed E-state index contributed by atoms with van der Waals surface area (Å²) in [5.74, 6) is -0.368. The van der Waals surface area contributed by atoms with Gasteiger partial charge in [0.05, 0.1) is 12.9 Å². The van der Waals surface area contributed by atoms with Gasteiger partial charge in [0.2, 0.25) is 5.91 Å². The van der Waals surface area contributed by atoms with E-state index in [1.807, 2.05) is 54.9 Å². The van der Waals surface area contributed by atoms with Gasteiger partial charge in [-0.05, 0) is 37.1 Å². The first kappa shape index (κ1) is 20.3. The topological polar surface area (TPSA) is 67.2 Å². The lowest BCUT2D eigenvalue weighted by atomic mass is 10.1. The molecule has 2 amide bonds. The summed E-state index contributed by atoms with van der Waals surface area (Å²) in [5.41, 5.74) is 4.83. The van der Waals surface area contributed by atoms with Gasteiger partial charge in [-0.1, -0.05) is 41.5 Å². The third kappa shape index (κ3) is 5.78. The monoisotopic (exact) mass is 390 g/mol. The van der Waals surface area contributed by atoms with Gasteiger partial charge in [-0.3, -0.25) is 9.59 Å².